The molecule has 0 aliphatic rings. The lowest BCUT2D eigenvalue weighted by Crippen LogP contribution is -2.32. The van der Waals surface area contributed by atoms with Crippen LogP contribution in [-0.4, -0.2) is 47.1 Å². The predicted molar refractivity (Wildman–Crippen MR) is 129 cm³/mol. The van der Waals surface area contributed by atoms with Gasteiger partial charge in [-0.3, -0.25) is 14.5 Å². The minimum absolute atomic E-state index is 0.180. The molecule has 0 aliphatic heterocycles. The van der Waals surface area contributed by atoms with E-state index in [0.717, 1.165) is 11.3 Å². The van der Waals surface area contributed by atoms with Gasteiger partial charge >= 0.3 is 6.09 Å². The number of imidazole rings is 1. The molecule has 0 saturated heterocycles. The van der Waals surface area contributed by atoms with E-state index in [-0.39, 0.29) is 18.9 Å². The number of ether oxygens (including phenoxy) is 2. The maximum atomic E-state index is 13.5. The molecule has 35 heavy (non-hydrogen) atoms. The van der Waals surface area contributed by atoms with Crippen LogP contribution in [-0.2, 0) is 4.74 Å². The third-order valence-corrected chi connectivity index (χ3v) is 5.28. The van der Waals surface area contributed by atoms with Gasteiger partial charge in [-0.05, 0) is 36.4 Å². The maximum absolute atomic E-state index is 13.5. The zero-order valence-corrected chi connectivity index (χ0v) is 19.1. The van der Waals surface area contributed by atoms with Crippen molar-refractivity contribution in [1.29, 1.82) is 5.26 Å². The SMILES string of the molecule is COC(=O)Nc1ccc(-c2cnc3ccc(C(=O)N(CCC#N)c4cccc(OC)c4)cn23)cn1. The molecule has 10 nitrogen and oxygen atoms in total. The van der Waals surface area contributed by atoms with Crippen LogP contribution < -0.4 is 15.0 Å². The van der Waals surface area contributed by atoms with Gasteiger partial charge in [-0.2, -0.15) is 5.26 Å². The number of hydrogen-bond donors (Lipinski definition) is 1. The number of amides is 2. The first-order chi connectivity index (χ1) is 17.0. The van der Waals surface area contributed by atoms with Crippen molar-refractivity contribution in [3.05, 3.63) is 72.7 Å². The highest BCUT2D eigenvalue weighted by molar-refractivity contribution is 6.06. The lowest BCUT2D eigenvalue weighted by Gasteiger charge is -2.22. The molecule has 0 spiro atoms. The summed E-state index contributed by atoms with van der Waals surface area (Å²) in [5, 5.41) is 11.6. The lowest BCUT2D eigenvalue weighted by molar-refractivity contribution is 0.0987. The Morgan fingerprint density at radius 1 is 1.11 bits per heavy atom. The fourth-order valence-electron chi connectivity index (χ4n) is 3.54. The van der Waals surface area contributed by atoms with Crippen molar-refractivity contribution >= 4 is 29.2 Å². The zero-order chi connectivity index (χ0) is 24.8. The molecule has 0 radical (unpaired) electrons. The fraction of sp³-hybridized carbons (Fsp3) is 0.160. The molecule has 3 aromatic heterocycles. The monoisotopic (exact) mass is 470 g/mol. The average molecular weight is 470 g/mol. The molecule has 0 unspecified atom stereocenters. The first kappa shape index (κ1) is 23.3. The number of methoxy groups -OCH3 is 2. The second kappa shape index (κ2) is 10.4. The summed E-state index contributed by atoms with van der Waals surface area (Å²) in [6.45, 7) is 0.232. The lowest BCUT2D eigenvalue weighted by atomic mass is 10.2. The van der Waals surface area contributed by atoms with Gasteiger partial charge in [0.05, 0.1) is 44.2 Å². The largest absolute Gasteiger partial charge is 0.497 e. The molecular formula is C25H22N6O4. The number of carbonyl (C=O) groups is 2. The van der Waals surface area contributed by atoms with E-state index in [1.54, 1.807) is 83.5 Å². The van der Waals surface area contributed by atoms with E-state index in [1.165, 1.54) is 7.11 Å². The standard InChI is InChI=1S/C25H22N6O4/c1-34-20-6-3-5-19(13-20)30(12-4-11-26)24(32)18-8-10-23-28-15-21(31(23)16-18)17-7-9-22(27-14-17)29-25(33)35-2/h3,5-10,13-16H,4,12H2,1-2H3,(H,27,29,33). The van der Waals surface area contributed by atoms with E-state index in [4.69, 9.17) is 10.00 Å². The van der Waals surface area contributed by atoms with Gasteiger partial charge < -0.3 is 14.4 Å². The molecule has 10 heteroatoms. The molecule has 2 amide bonds. The molecule has 4 aromatic rings. The van der Waals surface area contributed by atoms with Gasteiger partial charge in [0.2, 0.25) is 0 Å². The molecule has 0 bridgehead atoms. The fourth-order valence-corrected chi connectivity index (χ4v) is 3.54. The number of nitrogens with one attached hydrogen (secondary N) is 1. The summed E-state index contributed by atoms with van der Waals surface area (Å²) >= 11 is 0. The van der Waals surface area contributed by atoms with Crippen LogP contribution in [0, 0.1) is 11.3 Å². The summed E-state index contributed by atoms with van der Waals surface area (Å²) < 4.78 is 11.7. The van der Waals surface area contributed by atoms with Crippen molar-refractivity contribution in [3.63, 3.8) is 0 Å². The van der Waals surface area contributed by atoms with Crippen LogP contribution in [0.2, 0.25) is 0 Å². The smallest absolute Gasteiger partial charge is 0.412 e. The number of nitriles is 1. The van der Waals surface area contributed by atoms with Crippen molar-refractivity contribution < 1.29 is 19.1 Å². The van der Waals surface area contributed by atoms with Crippen LogP contribution in [0.1, 0.15) is 16.8 Å². The Hall–Kier alpha value is -4.91. The Balaban J connectivity index is 1.68. The van der Waals surface area contributed by atoms with Crippen LogP contribution in [0.3, 0.4) is 0 Å². The van der Waals surface area contributed by atoms with Crippen LogP contribution in [0.25, 0.3) is 16.9 Å². The molecule has 1 N–H and O–H groups in total. The van der Waals surface area contributed by atoms with E-state index >= 15 is 0 Å². The normalized spacial score (nSPS) is 10.4. The molecule has 3 heterocycles. The average Bonchev–Trinajstić information content (AvgIpc) is 3.32. The molecule has 0 fully saturated rings. The Kier molecular flexibility index (Phi) is 6.88. The summed E-state index contributed by atoms with van der Waals surface area (Å²) in [6, 6.07) is 16.1. The van der Waals surface area contributed by atoms with Gasteiger partial charge in [0, 0.05) is 36.3 Å². The van der Waals surface area contributed by atoms with Crippen LogP contribution in [0.15, 0.2) is 67.1 Å². The number of nitrogens with zero attached hydrogens (tertiary/aromatic N) is 5. The van der Waals surface area contributed by atoms with Gasteiger partial charge in [-0.25, -0.2) is 14.8 Å². The highest BCUT2D eigenvalue weighted by Gasteiger charge is 2.19. The summed E-state index contributed by atoms with van der Waals surface area (Å²) in [6.07, 6.45) is 4.56. The highest BCUT2D eigenvalue weighted by atomic mass is 16.5. The Bertz CT molecular complexity index is 1410. The van der Waals surface area contributed by atoms with E-state index in [2.05, 4.69) is 26.1 Å². The number of pyridine rings is 2. The summed E-state index contributed by atoms with van der Waals surface area (Å²) in [5.41, 5.74) is 3.17. The minimum atomic E-state index is -0.611. The Morgan fingerprint density at radius 2 is 1.97 bits per heavy atom. The minimum Gasteiger partial charge on any atom is -0.497 e. The molecule has 0 atom stereocenters. The molecule has 4 rings (SSSR count). The third-order valence-electron chi connectivity index (χ3n) is 5.28. The van der Waals surface area contributed by atoms with Gasteiger partial charge in [-0.15, -0.1) is 0 Å². The number of aromatic nitrogens is 3. The second-order valence-electron chi connectivity index (χ2n) is 7.40. The number of carbonyl (C=O) groups excluding carboxylic acids is 2. The van der Waals surface area contributed by atoms with Gasteiger partial charge in [0.25, 0.3) is 5.91 Å². The van der Waals surface area contributed by atoms with Crippen molar-refractivity contribution in [2.75, 3.05) is 31.0 Å². The van der Waals surface area contributed by atoms with Gasteiger partial charge in [0.15, 0.2) is 0 Å². The molecule has 0 aliphatic carbocycles. The number of benzene rings is 1. The summed E-state index contributed by atoms with van der Waals surface area (Å²) in [4.78, 5) is 35.1. The highest BCUT2D eigenvalue weighted by Crippen LogP contribution is 2.25. The van der Waals surface area contributed by atoms with E-state index < -0.39 is 6.09 Å². The second-order valence-corrected chi connectivity index (χ2v) is 7.40. The quantitative estimate of drug-likeness (QED) is 0.431. The molecule has 1 aromatic carbocycles. The van der Waals surface area contributed by atoms with Crippen molar-refractivity contribution in [2.45, 2.75) is 6.42 Å². The maximum Gasteiger partial charge on any atom is 0.412 e. The van der Waals surface area contributed by atoms with Crippen LogP contribution >= 0.6 is 0 Å². The number of anilines is 2. The number of hydrogen-bond acceptors (Lipinski definition) is 7. The van der Waals surface area contributed by atoms with Gasteiger partial charge in [-0.1, -0.05) is 6.07 Å². The summed E-state index contributed by atoms with van der Waals surface area (Å²) in [5.74, 6) is 0.699. The molecule has 176 valence electrons. The predicted octanol–water partition coefficient (Wildman–Crippen LogP) is 4.14. The molecular weight excluding hydrogens is 448 g/mol. The van der Waals surface area contributed by atoms with Crippen LogP contribution in [0.4, 0.5) is 16.3 Å². The van der Waals surface area contributed by atoms with E-state index in [0.29, 0.717) is 28.5 Å². The van der Waals surface area contributed by atoms with Gasteiger partial charge in [0.1, 0.15) is 17.2 Å². The third kappa shape index (κ3) is 5.04. The zero-order valence-electron chi connectivity index (χ0n) is 19.1. The van der Waals surface area contributed by atoms with E-state index in [1.807, 2.05) is 0 Å². The van der Waals surface area contributed by atoms with Crippen molar-refractivity contribution in [1.82, 2.24) is 14.4 Å². The van der Waals surface area contributed by atoms with E-state index in [9.17, 15) is 9.59 Å². The topological polar surface area (TPSA) is 122 Å². The molecule has 0 saturated carbocycles. The first-order valence-corrected chi connectivity index (χ1v) is 10.7. The first-order valence-electron chi connectivity index (χ1n) is 10.7. The summed E-state index contributed by atoms with van der Waals surface area (Å²) in [7, 11) is 2.83. The van der Waals surface area contributed by atoms with Crippen molar-refractivity contribution in [2.24, 2.45) is 0 Å². The Morgan fingerprint density at radius 3 is 2.69 bits per heavy atom. The van der Waals surface area contributed by atoms with Crippen LogP contribution in [0.5, 0.6) is 5.75 Å². The Labute approximate surface area is 201 Å². The number of fused-ring (bicyclic) bond motifs is 1. The van der Waals surface area contributed by atoms with Crippen molar-refractivity contribution in [3.8, 4) is 23.1 Å². The number of rotatable bonds is 7.